The molecule has 9 aromatic rings. The first-order chi connectivity index (χ1) is 31.5. The maximum atomic E-state index is 5.30. The Labute approximate surface area is 412 Å². The summed E-state index contributed by atoms with van der Waals surface area (Å²) in [4.78, 5) is 10.1. The summed E-state index contributed by atoms with van der Waals surface area (Å²) in [5.74, 6) is 9.96. The molecule has 6 aromatic carbocycles. The fourth-order valence-corrected chi connectivity index (χ4v) is 15.1. The zero-order valence-corrected chi connectivity index (χ0v) is 44.7. The number of thiophene rings is 1. The number of benzene rings is 6. The quantitative estimate of drug-likeness (QED) is 0.112. The monoisotopic (exact) mass is 1120 g/mol. The first kappa shape index (κ1) is 46.5. The Hall–Kier alpha value is -4.65. The summed E-state index contributed by atoms with van der Waals surface area (Å²) in [5, 5.41) is 2.62. The third-order valence-electron chi connectivity index (χ3n) is 14.0. The first-order valence-corrected chi connectivity index (χ1v) is 32.2. The number of hydrogen-bond acceptors (Lipinski definition) is 3. The number of pyridine rings is 1. The average molecular weight is 1120 g/mol. The van der Waals surface area contributed by atoms with Crippen LogP contribution in [0, 0.1) is 18.1 Å². The largest absolute Gasteiger partial charge is 0 e. The summed E-state index contributed by atoms with van der Waals surface area (Å²) in [6.07, 6.45) is 14.4. The van der Waals surface area contributed by atoms with Crippen molar-refractivity contribution in [2.45, 2.75) is 107 Å². The van der Waals surface area contributed by atoms with E-state index in [1.54, 1.807) is 9.96 Å². The van der Waals surface area contributed by atoms with Gasteiger partial charge in [-0.2, -0.15) is 11.3 Å². The number of imidazole rings is 1. The maximum absolute atomic E-state index is 5.30. The predicted molar refractivity (Wildman–Crippen MR) is 281 cm³/mol. The van der Waals surface area contributed by atoms with Crippen LogP contribution in [0.3, 0.4) is 0 Å². The fraction of sp³-hybridized carbons (Fsp3) is 0.300. The molecule has 0 atom stereocenters. The van der Waals surface area contributed by atoms with Crippen LogP contribution in [-0.4, -0.2) is 27.8 Å². The van der Waals surface area contributed by atoms with Gasteiger partial charge in [-0.3, -0.25) is 4.98 Å². The number of rotatable bonds is 8. The van der Waals surface area contributed by atoms with Crippen molar-refractivity contribution in [3.05, 3.63) is 168 Å². The van der Waals surface area contributed by atoms with Gasteiger partial charge in [-0.1, -0.05) is 105 Å². The Kier molecular flexibility index (Phi) is 13.7. The van der Waals surface area contributed by atoms with Gasteiger partial charge in [0.15, 0.2) is 0 Å². The van der Waals surface area contributed by atoms with Gasteiger partial charge in [-0.05, 0) is 81.3 Å². The van der Waals surface area contributed by atoms with E-state index < -0.39 is 13.3 Å². The first-order valence-electron chi connectivity index (χ1n) is 24.0. The summed E-state index contributed by atoms with van der Waals surface area (Å²) in [5.41, 5.74) is 13.3. The van der Waals surface area contributed by atoms with Crippen molar-refractivity contribution < 1.29 is 20.1 Å². The SMILES string of the molecule is CC(C)(C)c1ccc(-n2c(-c3[c-]ccc4c3sc3cc(C5CCCC5)ccc34)nc3ccccc32)c(-c2ccccc2)c1.[CH3][Ge]([CH3])([CH3])[c]1cnc(-c2[c-]cccc2)cc1CC1CCCC1.[Ir]. The number of hydrogen-bond donors (Lipinski definition) is 0. The molecule has 3 heterocycles. The van der Waals surface area contributed by atoms with E-state index >= 15 is 0 Å². The molecule has 0 N–H and O–H groups in total. The fourth-order valence-electron chi connectivity index (χ4n) is 10.5. The van der Waals surface area contributed by atoms with Crippen molar-refractivity contribution in [1.82, 2.24) is 14.5 Å². The van der Waals surface area contributed by atoms with E-state index in [0.717, 1.165) is 45.3 Å². The van der Waals surface area contributed by atoms with Crippen LogP contribution < -0.4 is 4.40 Å². The minimum Gasteiger partial charge on any atom is 0 e. The minimum atomic E-state index is -1.87. The van der Waals surface area contributed by atoms with E-state index in [9.17, 15) is 0 Å². The van der Waals surface area contributed by atoms with Gasteiger partial charge in [0.05, 0.1) is 16.9 Å². The van der Waals surface area contributed by atoms with Crippen LogP contribution in [0.15, 0.2) is 140 Å². The molecular formula is C60H61GeIrN3S-2. The zero-order valence-electron chi connectivity index (χ0n) is 39.4. The Morgan fingerprint density at radius 3 is 2.21 bits per heavy atom. The zero-order chi connectivity index (χ0) is 44.7. The molecule has 0 aliphatic heterocycles. The van der Waals surface area contributed by atoms with Gasteiger partial charge in [0.25, 0.3) is 0 Å². The van der Waals surface area contributed by atoms with Gasteiger partial charge in [0.1, 0.15) is 0 Å². The van der Waals surface area contributed by atoms with Crippen LogP contribution in [0.2, 0.25) is 17.3 Å². The van der Waals surface area contributed by atoms with Gasteiger partial charge >= 0.3 is 137 Å². The molecular weight excluding hydrogens is 1060 g/mol. The van der Waals surface area contributed by atoms with Crippen LogP contribution in [0.4, 0.5) is 0 Å². The maximum Gasteiger partial charge on any atom is 0 e. The molecule has 2 aliphatic rings. The third kappa shape index (κ3) is 9.57. The number of aromatic nitrogens is 3. The Morgan fingerprint density at radius 2 is 1.47 bits per heavy atom. The molecule has 3 aromatic heterocycles. The van der Waals surface area contributed by atoms with Crippen molar-refractivity contribution in [1.29, 1.82) is 0 Å². The second-order valence-electron chi connectivity index (χ2n) is 20.6. The van der Waals surface area contributed by atoms with Crippen molar-refractivity contribution in [3.8, 4) is 39.5 Å². The van der Waals surface area contributed by atoms with Gasteiger partial charge in [0.2, 0.25) is 0 Å². The number of para-hydroxylation sites is 2. The molecule has 0 amide bonds. The van der Waals surface area contributed by atoms with E-state index in [1.165, 1.54) is 100 Å². The van der Waals surface area contributed by atoms with E-state index in [1.807, 2.05) is 23.5 Å². The second kappa shape index (κ2) is 19.5. The molecule has 2 saturated carbocycles. The van der Waals surface area contributed by atoms with Crippen LogP contribution in [0.25, 0.3) is 70.7 Å². The van der Waals surface area contributed by atoms with Crippen molar-refractivity contribution in [2.24, 2.45) is 5.92 Å². The summed E-state index contributed by atoms with van der Waals surface area (Å²) in [7, 11) is 0. The van der Waals surface area contributed by atoms with Crippen molar-refractivity contribution in [2.75, 3.05) is 0 Å². The van der Waals surface area contributed by atoms with Gasteiger partial charge in [-0.15, -0.1) is 18.2 Å². The summed E-state index contributed by atoms with van der Waals surface area (Å²) in [6, 6.07) is 55.2. The molecule has 2 fully saturated rings. The molecule has 337 valence electrons. The Morgan fingerprint density at radius 1 is 0.727 bits per heavy atom. The van der Waals surface area contributed by atoms with E-state index in [0.29, 0.717) is 5.92 Å². The van der Waals surface area contributed by atoms with Gasteiger partial charge in [0, 0.05) is 36.1 Å². The molecule has 3 nitrogen and oxygen atoms in total. The Bertz CT molecular complexity index is 3110. The average Bonchev–Trinajstić information content (AvgIpc) is 4.16. The normalized spacial score (nSPS) is 14.8. The molecule has 0 spiro atoms. The summed E-state index contributed by atoms with van der Waals surface area (Å²) < 4.78 is 6.57. The van der Waals surface area contributed by atoms with Gasteiger partial charge in [-0.25, -0.2) is 0 Å². The standard InChI is InChI=1S/C40H35N2S.C20H26GeN.Ir/c1-40(2,3)29-21-23-35(33(25-29)27-14-5-4-6-15-27)42-36-19-10-9-18-34(36)41-39(42)32-17-11-16-31-30-22-20-28(26-12-7-8-13-26)24-37(30)43-38(31)32;1-21(2,3)19-15-22-20(17-11-5-4-6-12-17)14-18(19)13-16-9-7-8-10-16;/h4-6,9-11,14-16,18-26H,7-8,12-13H2,1-3H3;4-6,11,14-16H,7-10,13H2,1-3H3;/q2*-1;. The van der Waals surface area contributed by atoms with Crippen LogP contribution >= 0.6 is 11.3 Å². The number of fused-ring (bicyclic) bond motifs is 4. The molecule has 6 heteroatoms. The van der Waals surface area contributed by atoms with Crippen molar-refractivity contribution in [3.63, 3.8) is 0 Å². The van der Waals surface area contributed by atoms with Crippen molar-refractivity contribution >= 4 is 60.2 Å². The second-order valence-corrected chi connectivity index (χ2v) is 32.3. The summed E-state index contributed by atoms with van der Waals surface area (Å²) in [6.45, 7) is 6.85. The van der Waals surface area contributed by atoms with Crippen LogP contribution in [-0.2, 0) is 31.9 Å². The third-order valence-corrected chi connectivity index (χ3v) is 19.5. The molecule has 2 aliphatic carbocycles. The summed E-state index contributed by atoms with van der Waals surface area (Å²) >= 11 is 0.0206. The Balaban J connectivity index is 0.000000201. The van der Waals surface area contributed by atoms with Crippen LogP contribution in [0.1, 0.15) is 94.7 Å². The molecule has 0 unspecified atom stereocenters. The molecule has 0 bridgehead atoms. The molecule has 11 rings (SSSR count). The van der Waals surface area contributed by atoms with Crippen LogP contribution in [0.5, 0.6) is 0 Å². The molecule has 0 saturated heterocycles. The predicted octanol–water partition coefficient (Wildman–Crippen LogP) is 16.3. The van der Waals surface area contributed by atoms with Gasteiger partial charge < -0.3 is 4.57 Å². The van der Waals surface area contributed by atoms with E-state index in [2.05, 4.69) is 182 Å². The molecule has 1 radical (unpaired) electrons. The topological polar surface area (TPSA) is 30.7 Å². The van der Waals surface area contributed by atoms with E-state index in [-0.39, 0.29) is 25.5 Å². The van der Waals surface area contributed by atoms with E-state index in [4.69, 9.17) is 9.97 Å². The minimum absolute atomic E-state index is 0. The number of nitrogens with zero attached hydrogens (tertiary/aromatic N) is 3. The smallest absolute Gasteiger partial charge is 0 e. The molecule has 66 heavy (non-hydrogen) atoms.